The van der Waals surface area contributed by atoms with Crippen LogP contribution in [-0.4, -0.2) is 50.2 Å². The largest absolute Gasteiger partial charge is 0.371 e. The van der Waals surface area contributed by atoms with Crippen molar-refractivity contribution in [2.45, 2.75) is 25.8 Å². The van der Waals surface area contributed by atoms with E-state index in [4.69, 9.17) is 9.93 Å². The van der Waals surface area contributed by atoms with E-state index in [0.29, 0.717) is 46.6 Å². The normalized spacial score (nSPS) is 13.9. The molecule has 12 heteroatoms. The van der Waals surface area contributed by atoms with Crippen LogP contribution in [0, 0.1) is 5.41 Å². The van der Waals surface area contributed by atoms with E-state index in [1.54, 1.807) is 20.0 Å². The number of anilines is 2. The summed E-state index contributed by atoms with van der Waals surface area (Å²) in [6.07, 6.45) is 3.06. The first-order valence-electron chi connectivity index (χ1n) is 9.20. The van der Waals surface area contributed by atoms with Gasteiger partial charge in [-0.2, -0.15) is 0 Å². The molecule has 0 aliphatic carbocycles. The lowest BCUT2D eigenvalue weighted by Gasteiger charge is -2.18. The van der Waals surface area contributed by atoms with Crippen LogP contribution >= 0.6 is 0 Å². The number of nitrogens with zero attached hydrogens (tertiary/aromatic N) is 4. The zero-order valence-electron chi connectivity index (χ0n) is 16.2. The van der Waals surface area contributed by atoms with Crippen LogP contribution in [0.15, 0.2) is 16.9 Å². The number of imidazole rings is 1. The molecule has 2 amide bonds. The van der Waals surface area contributed by atoms with Crippen molar-refractivity contribution in [3.05, 3.63) is 35.1 Å². The molecule has 12 nitrogen and oxygen atoms in total. The van der Waals surface area contributed by atoms with Crippen LogP contribution in [0.3, 0.4) is 0 Å². The molecule has 1 atom stereocenters. The second-order valence-corrected chi connectivity index (χ2v) is 6.65. The summed E-state index contributed by atoms with van der Waals surface area (Å²) in [5, 5.41) is 19.8. The number of aromatic amines is 1. The summed E-state index contributed by atoms with van der Waals surface area (Å²) >= 11 is 0. The van der Waals surface area contributed by atoms with Gasteiger partial charge in [-0.05, 0) is 13.3 Å². The Hall–Kier alpha value is -4.09. The standard InChI is InChI=1S/C18H19N9O3/c1-8(12-5-10(27-30-12)17-24-11(6-19)16(20-2)26-17)23-18(29)14-9-3-4-13(28)25-15(9)22-7-21-14/h5-8,19-20H,3-4H2,1-2H3,(H,23,29)(H,24,26)(H,21,22,25,28)/t8-/m1/s1. The van der Waals surface area contributed by atoms with Gasteiger partial charge in [0.2, 0.25) is 5.91 Å². The van der Waals surface area contributed by atoms with Crippen molar-refractivity contribution in [3.63, 3.8) is 0 Å². The number of hydrogen-bond donors (Lipinski definition) is 5. The fourth-order valence-corrected chi connectivity index (χ4v) is 3.13. The summed E-state index contributed by atoms with van der Waals surface area (Å²) in [6, 6.07) is 1.16. The fourth-order valence-electron chi connectivity index (χ4n) is 3.13. The molecule has 30 heavy (non-hydrogen) atoms. The highest BCUT2D eigenvalue weighted by Crippen LogP contribution is 2.25. The Morgan fingerprint density at radius 2 is 2.20 bits per heavy atom. The molecular weight excluding hydrogens is 390 g/mol. The molecule has 0 fully saturated rings. The molecule has 0 bridgehead atoms. The zero-order valence-corrected chi connectivity index (χ0v) is 16.2. The number of carbonyl (C=O) groups is 2. The molecule has 0 spiro atoms. The van der Waals surface area contributed by atoms with Crippen LogP contribution in [0.4, 0.5) is 11.6 Å². The van der Waals surface area contributed by atoms with Gasteiger partial charge in [-0.15, -0.1) is 0 Å². The number of carbonyl (C=O) groups excluding carboxylic acids is 2. The highest BCUT2D eigenvalue weighted by Gasteiger charge is 2.25. The molecule has 3 aromatic rings. The van der Waals surface area contributed by atoms with Crippen molar-refractivity contribution >= 4 is 29.7 Å². The lowest BCUT2D eigenvalue weighted by molar-refractivity contribution is -0.116. The second-order valence-electron chi connectivity index (χ2n) is 6.65. The van der Waals surface area contributed by atoms with E-state index in [1.165, 1.54) is 6.33 Å². The summed E-state index contributed by atoms with van der Waals surface area (Å²) in [6.45, 7) is 1.75. The average molecular weight is 409 g/mol. The third-order valence-electron chi connectivity index (χ3n) is 4.68. The van der Waals surface area contributed by atoms with E-state index in [-0.39, 0.29) is 18.0 Å². The molecule has 4 heterocycles. The van der Waals surface area contributed by atoms with Gasteiger partial charge in [-0.1, -0.05) is 5.16 Å². The van der Waals surface area contributed by atoms with Crippen molar-refractivity contribution in [1.82, 2.24) is 30.4 Å². The molecule has 5 N–H and O–H groups in total. The number of rotatable bonds is 6. The van der Waals surface area contributed by atoms with E-state index < -0.39 is 11.9 Å². The maximum absolute atomic E-state index is 12.8. The smallest absolute Gasteiger partial charge is 0.270 e. The monoisotopic (exact) mass is 409 g/mol. The van der Waals surface area contributed by atoms with Gasteiger partial charge in [-0.25, -0.2) is 15.0 Å². The molecule has 0 radical (unpaired) electrons. The summed E-state index contributed by atoms with van der Waals surface area (Å²) in [4.78, 5) is 39.7. The minimum atomic E-state index is -0.497. The Balaban J connectivity index is 1.51. The van der Waals surface area contributed by atoms with E-state index in [9.17, 15) is 9.59 Å². The van der Waals surface area contributed by atoms with Crippen LogP contribution < -0.4 is 16.0 Å². The topological polar surface area (TPSA) is 175 Å². The van der Waals surface area contributed by atoms with Crippen LogP contribution in [0.25, 0.3) is 11.5 Å². The maximum atomic E-state index is 12.8. The van der Waals surface area contributed by atoms with E-state index in [0.717, 1.165) is 6.21 Å². The SMILES string of the molecule is CNc1nc(-c2cc([C@@H](C)NC(=O)c3ncnc4c3CCC(=O)N4)on2)[nH]c1C=N. The number of aromatic nitrogens is 5. The molecule has 4 rings (SSSR count). The molecule has 1 aliphatic heterocycles. The number of H-pyrrole nitrogens is 1. The minimum Gasteiger partial charge on any atom is -0.371 e. The molecule has 154 valence electrons. The summed E-state index contributed by atoms with van der Waals surface area (Å²) in [5.74, 6) is 1.20. The Bertz CT molecular complexity index is 1130. The highest BCUT2D eigenvalue weighted by molar-refractivity contribution is 5.99. The van der Waals surface area contributed by atoms with Crippen LogP contribution in [-0.2, 0) is 11.2 Å². The quantitative estimate of drug-likeness (QED) is 0.378. The van der Waals surface area contributed by atoms with Crippen LogP contribution in [0.1, 0.15) is 46.9 Å². The van der Waals surface area contributed by atoms with Gasteiger partial charge >= 0.3 is 0 Å². The Labute approximate surface area is 170 Å². The molecule has 1 aliphatic rings. The van der Waals surface area contributed by atoms with Crippen molar-refractivity contribution in [2.24, 2.45) is 0 Å². The molecular formula is C18H19N9O3. The predicted octanol–water partition coefficient (Wildman–Crippen LogP) is 1.27. The van der Waals surface area contributed by atoms with E-state index in [1.807, 2.05) is 0 Å². The van der Waals surface area contributed by atoms with Gasteiger partial charge in [0.1, 0.15) is 29.2 Å². The average Bonchev–Trinajstić information content (AvgIpc) is 3.39. The summed E-state index contributed by atoms with van der Waals surface area (Å²) in [5.41, 5.74) is 1.78. The molecule has 0 saturated carbocycles. The third kappa shape index (κ3) is 3.50. The molecule has 0 saturated heterocycles. The van der Waals surface area contributed by atoms with Gasteiger partial charge in [0, 0.05) is 31.3 Å². The summed E-state index contributed by atoms with van der Waals surface area (Å²) in [7, 11) is 1.70. The highest BCUT2D eigenvalue weighted by atomic mass is 16.5. The number of nitrogens with one attached hydrogen (secondary N) is 5. The lowest BCUT2D eigenvalue weighted by Crippen LogP contribution is -2.30. The van der Waals surface area contributed by atoms with Crippen LogP contribution in [0.5, 0.6) is 0 Å². The number of fused-ring (bicyclic) bond motifs is 1. The molecule has 0 aromatic carbocycles. The Morgan fingerprint density at radius 1 is 1.37 bits per heavy atom. The lowest BCUT2D eigenvalue weighted by atomic mass is 10.0. The van der Waals surface area contributed by atoms with E-state index >= 15 is 0 Å². The first-order chi connectivity index (χ1) is 14.5. The minimum absolute atomic E-state index is 0.138. The Morgan fingerprint density at radius 3 is 2.93 bits per heavy atom. The Kier molecular flexibility index (Phi) is 4.96. The fraction of sp³-hybridized carbons (Fsp3) is 0.278. The van der Waals surface area contributed by atoms with Gasteiger partial charge in [0.25, 0.3) is 5.91 Å². The summed E-state index contributed by atoms with van der Waals surface area (Å²) < 4.78 is 5.37. The molecule has 0 unspecified atom stereocenters. The number of hydrogen-bond acceptors (Lipinski definition) is 9. The van der Waals surface area contributed by atoms with E-state index in [2.05, 4.69) is 41.0 Å². The second kappa shape index (κ2) is 7.73. The third-order valence-corrected chi connectivity index (χ3v) is 4.68. The predicted molar refractivity (Wildman–Crippen MR) is 106 cm³/mol. The van der Waals surface area contributed by atoms with Crippen molar-refractivity contribution in [2.75, 3.05) is 17.7 Å². The van der Waals surface area contributed by atoms with Gasteiger partial charge in [0.15, 0.2) is 17.4 Å². The van der Waals surface area contributed by atoms with Crippen molar-refractivity contribution < 1.29 is 14.1 Å². The number of amides is 2. The van der Waals surface area contributed by atoms with Crippen molar-refractivity contribution in [1.29, 1.82) is 5.41 Å². The van der Waals surface area contributed by atoms with Crippen LogP contribution in [0.2, 0.25) is 0 Å². The first kappa shape index (κ1) is 19.2. The van der Waals surface area contributed by atoms with Gasteiger partial charge in [0.05, 0.1) is 6.04 Å². The van der Waals surface area contributed by atoms with Gasteiger partial charge in [-0.3, -0.25) is 9.59 Å². The molecule has 3 aromatic heterocycles. The first-order valence-corrected chi connectivity index (χ1v) is 9.20. The zero-order chi connectivity index (χ0) is 21.3. The van der Waals surface area contributed by atoms with Crippen molar-refractivity contribution in [3.8, 4) is 11.5 Å². The van der Waals surface area contributed by atoms with Gasteiger partial charge < -0.3 is 30.9 Å². The maximum Gasteiger partial charge on any atom is 0.270 e.